The minimum Gasteiger partial charge on any atom is -0.493 e. The van der Waals surface area contributed by atoms with Crippen LogP contribution in [0.1, 0.15) is 42.9 Å². The second-order valence-corrected chi connectivity index (χ2v) is 12.5. The Balaban J connectivity index is 1.36. The highest BCUT2D eigenvalue weighted by Crippen LogP contribution is 2.32. The molecule has 0 aliphatic carbocycles. The number of aromatic amines is 1. The number of imidazole rings is 1. The molecule has 1 aliphatic heterocycles. The van der Waals surface area contributed by atoms with Gasteiger partial charge in [0.05, 0.1) is 22.8 Å². The first-order chi connectivity index (χ1) is 21.1. The van der Waals surface area contributed by atoms with Gasteiger partial charge in [0.1, 0.15) is 11.6 Å². The molecule has 4 aromatic rings. The Kier molecular flexibility index (Phi) is 9.28. The van der Waals surface area contributed by atoms with Gasteiger partial charge >= 0.3 is 5.97 Å². The number of hydrogen-bond donors (Lipinski definition) is 2. The van der Waals surface area contributed by atoms with Crippen molar-refractivity contribution in [2.75, 3.05) is 32.8 Å². The van der Waals surface area contributed by atoms with Crippen LogP contribution in [-0.2, 0) is 27.8 Å². The minimum atomic E-state index is -3.85. The topological polar surface area (TPSA) is 150 Å². The van der Waals surface area contributed by atoms with Crippen molar-refractivity contribution in [1.82, 2.24) is 28.8 Å². The third-order valence-electron chi connectivity index (χ3n) is 7.50. The van der Waals surface area contributed by atoms with Gasteiger partial charge in [-0.05, 0) is 55.7 Å². The van der Waals surface area contributed by atoms with E-state index in [0.29, 0.717) is 74.1 Å². The van der Waals surface area contributed by atoms with E-state index < -0.39 is 16.0 Å². The molecule has 0 amide bonds. The number of piperazine rings is 1. The van der Waals surface area contributed by atoms with Crippen molar-refractivity contribution in [2.45, 2.75) is 45.1 Å². The van der Waals surface area contributed by atoms with E-state index in [1.165, 1.54) is 22.5 Å². The maximum absolute atomic E-state index is 13.8. The molecule has 12 nitrogen and oxygen atoms in total. The lowest BCUT2D eigenvalue weighted by molar-refractivity contribution is -0.131. The molecule has 1 fully saturated rings. The van der Waals surface area contributed by atoms with E-state index in [0.717, 1.165) is 23.6 Å². The third kappa shape index (κ3) is 6.59. The number of rotatable bonds is 11. The van der Waals surface area contributed by atoms with Crippen molar-refractivity contribution < 1.29 is 23.1 Å². The maximum Gasteiger partial charge on any atom is 0.328 e. The fourth-order valence-corrected chi connectivity index (χ4v) is 6.76. The Morgan fingerprint density at radius 1 is 1.09 bits per heavy atom. The van der Waals surface area contributed by atoms with E-state index in [1.54, 1.807) is 17.5 Å². The molecule has 44 heavy (non-hydrogen) atoms. The summed E-state index contributed by atoms with van der Waals surface area (Å²) in [4.78, 5) is 33.4. The summed E-state index contributed by atoms with van der Waals surface area (Å²) in [7, 11) is -3.85. The van der Waals surface area contributed by atoms with Gasteiger partial charge in [0.2, 0.25) is 10.0 Å². The molecule has 232 valence electrons. The molecule has 1 aliphatic rings. The van der Waals surface area contributed by atoms with Gasteiger partial charge < -0.3 is 14.8 Å². The van der Waals surface area contributed by atoms with Crippen molar-refractivity contribution in [2.24, 2.45) is 0 Å². The van der Waals surface area contributed by atoms with Crippen molar-refractivity contribution >= 4 is 27.6 Å². The number of nitrogens with zero attached hydrogens (tertiary/aromatic N) is 5. The normalized spacial score (nSPS) is 14.9. The second kappa shape index (κ2) is 13.1. The minimum absolute atomic E-state index is 0.0905. The number of aliphatic carboxylic acids is 1. The van der Waals surface area contributed by atoms with Gasteiger partial charge in [0, 0.05) is 45.2 Å². The average molecular weight is 621 g/mol. The standard InChI is InChI=1S/C31H36N6O6S/c1-4-6-27-32-21(3)29-31(40)33-30(34-37(27)29)25-19-24(12-13-26(25)43-5-2)44(41,42)36-17-15-35(16-18-36)20-23-9-7-22(8-10-23)11-14-28(38)39/h7-14,19H,4-6,15-18,20H2,1-3H3,(H,38,39)(H,33,34,40). The Hall–Kier alpha value is -4.33. The van der Waals surface area contributed by atoms with Crippen LogP contribution >= 0.6 is 0 Å². The van der Waals surface area contributed by atoms with Crippen LogP contribution in [0.15, 0.2) is 58.2 Å². The van der Waals surface area contributed by atoms with Crippen LogP contribution in [-0.4, -0.2) is 81.1 Å². The molecular weight excluding hydrogens is 584 g/mol. The number of aromatic nitrogens is 4. The van der Waals surface area contributed by atoms with E-state index in [1.807, 2.05) is 38.1 Å². The van der Waals surface area contributed by atoms with E-state index in [4.69, 9.17) is 9.84 Å². The Morgan fingerprint density at radius 3 is 2.48 bits per heavy atom. The number of fused-ring (bicyclic) bond motifs is 1. The quantitative estimate of drug-likeness (QED) is 0.241. The van der Waals surface area contributed by atoms with Crippen LogP contribution < -0.4 is 10.3 Å². The Bertz CT molecular complexity index is 1860. The molecule has 5 rings (SSSR count). The van der Waals surface area contributed by atoms with Gasteiger partial charge in [0.15, 0.2) is 11.3 Å². The molecule has 2 aromatic carbocycles. The first-order valence-corrected chi connectivity index (χ1v) is 16.0. The molecule has 2 N–H and O–H groups in total. The number of carbonyl (C=O) groups is 1. The maximum atomic E-state index is 13.8. The van der Waals surface area contributed by atoms with Gasteiger partial charge in [0.25, 0.3) is 5.56 Å². The summed E-state index contributed by atoms with van der Waals surface area (Å²) in [6.45, 7) is 8.36. The molecule has 3 heterocycles. The summed E-state index contributed by atoms with van der Waals surface area (Å²) in [5, 5.41) is 13.5. The number of ether oxygens (including phenoxy) is 1. The second-order valence-electron chi connectivity index (χ2n) is 10.6. The zero-order valence-electron chi connectivity index (χ0n) is 25.0. The van der Waals surface area contributed by atoms with Gasteiger partial charge in [-0.1, -0.05) is 31.2 Å². The lowest BCUT2D eigenvalue weighted by atomic mass is 10.1. The van der Waals surface area contributed by atoms with Gasteiger partial charge in [-0.3, -0.25) is 9.69 Å². The van der Waals surface area contributed by atoms with Gasteiger partial charge in [-0.25, -0.2) is 22.7 Å². The Labute approximate surface area is 255 Å². The van der Waals surface area contributed by atoms with Crippen molar-refractivity contribution in [3.8, 4) is 17.1 Å². The fraction of sp³-hybridized carbons (Fsp3) is 0.355. The number of carboxylic acid groups (broad SMARTS) is 1. The lowest BCUT2D eigenvalue weighted by Crippen LogP contribution is -2.48. The van der Waals surface area contributed by atoms with Crippen LogP contribution in [0.2, 0.25) is 0 Å². The molecular formula is C31H36N6O6S. The summed E-state index contributed by atoms with van der Waals surface area (Å²) >= 11 is 0. The summed E-state index contributed by atoms with van der Waals surface area (Å²) in [5.41, 5.74) is 2.81. The van der Waals surface area contributed by atoms with E-state index >= 15 is 0 Å². The summed E-state index contributed by atoms with van der Waals surface area (Å²) in [6, 6.07) is 12.2. The highest BCUT2D eigenvalue weighted by Gasteiger charge is 2.30. The first-order valence-electron chi connectivity index (χ1n) is 14.6. The average Bonchev–Trinajstić information content (AvgIpc) is 3.32. The predicted octanol–water partition coefficient (Wildman–Crippen LogP) is 3.35. The smallest absolute Gasteiger partial charge is 0.328 e. The molecule has 0 radical (unpaired) electrons. The van der Waals surface area contributed by atoms with Crippen molar-refractivity contribution in [3.63, 3.8) is 0 Å². The molecule has 0 atom stereocenters. The van der Waals surface area contributed by atoms with Crippen LogP contribution in [0.4, 0.5) is 0 Å². The van der Waals surface area contributed by atoms with E-state index in [9.17, 15) is 18.0 Å². The van der Waals surface area contributed by atoms with Crippen LogP contribution in [0.3, 0.4) is 0 Å². The van der Waals surface area contributed by atoms with Crippen LogP contribution in [0.5, 0.6) is 5.75 Å². The zero-order chi connectivity index (χ0) is 31.4. The number of hydrogen-bond acceptors (Lipinski definition) is 8. The summed E-state index contributed by atoms with van der Waals surface area (Å²) in [6.07, 6.45) is 4.10. The van der Waals surface area contributed by atoms with Crippen molar-refractivity contribution in [3.05, 3.63) is 81.5 Å². The molecule has 0 spiro atoms. The molecule has 13 heteroatoms. The SMILES string of the molecule is CCCc1nc(C)c2c(=O)[nH]c(-c3cc(S(=O)(=O)N4CCN(Cc5ccc(C=CC(=O)O)cc5)CC4)ccc3OCC)nn12. The highest BCUT2D eigenvalue weighted by atomic mass is 32.2. The van der Waals surface area contributed by atoms with Gasteiger partial charge in [-0.15, -0.1) is 5.10 Å². The van der Waals surface area contributed by atoms with Crippen LogP contribution in [0, 0.1) is 6.92 Å². The number of aryl methyl sites for hydroxylation is 2. The van der Waals surface area contributed by atoms with Gasteiger partial charge in [-0.2, -0.15) is 4.31 Å². The van der Waals surface area contributed by atoms with Crippen molar-refractivity contribution in [1.29, 1.82) is 0 Å². The molecule has 0 unspecified atom stereocenters. The summed E-state index contributed by atoms with van der Waals surface area (Å²) < 4.78 is 36.4. The molecule has 1 saturated heterocycles. The number of benzene rings is 2. The first kappa shape index (κ1) is 31.1. The number of H-pyrrole nitrogens is 1. The number of sulfonamides is 1. The van der Waals surface area contributed by atoms with E-state index in [2.05, 4.69) is 20.0 Å². The lowest BCUT2D eigenvalue weighted by Gasteiger charge is -2.34. The Morgan fingerprint density at radius 2 is 1.82 bits per heavy atom. The fourth-order valence-electron chi connectivity index (χ4n) is 5.32. The number of nitrogens with one attached hydrogen (secondary N) is 1. The van der Waals surface area contributed by atoms with Crippen LogP contribution in [0.25, 0.3) is 23.0 Å². The molecule has 2 aromatic heterocycles. The largest absolute Gasteiger partial charge is 0.493 e. The predicted molar refractivity (Wildman–Crippen MR) is 166 cm³/mol. The molecule has 0 bridgehead atoms. The third-order valence-corrected chi connectivity index (χ3v) is 9.39. The number of carboxylic acids is 1. The van der Waals surface area contributed by atoms with E-state index in [-0.39, 0.29) is 16.3 Å². The zero-order valence-corrected chi connectivity index (χ0v) is 25.8. The highest BCUT2D eigenvalue weighted by molar-refractivity contribution is 7.89. The summed E-state index contributed by atoms with van der Waals surface area (Å²) in [5.74, 6) is 0.282. The monoisotopic (exact) mass is 620 g/mol. The molecule has 0 saturated carbocycles.